The maximum absolute atomic E-state index is 6.33. The van der Waals surface area contributed by atoms with Crippen molar-refractivity contribution in [1.82, 2.24) is 9.78 Å². The van der Waals surface area contributed by atoms with E-state index in [1.165, 1.54) is 0 Å². The number of nitrogens with zero attached hydrogens (tertiary/aromatic N) is 4. The first kappa shape index (κ1) is 13.9. The number of halogens is 1. The third-order valence-electron chi connectivity index (χ3n) is 3.73. The van der Waals surface area contributed by atoms with E-state index in [0.717, 1.165) is 23.4 Å². The SMILES string of the molecule is CCc1nn(C)cc1C1CN=C(N)N1c1ccccc1Cl. The molecule has 6 heteroatoms. The maximum Gasteiger partial charge on any atom is 0.196 e. The molecule has 1 unspecified atom stereocenters. The van der Waals surface area contributed by atoms with Crippen LogP contribution < -0.4 is 10.6 Å². The molecule has 0 bridgehead atoms. The van der Waals surface area contributed by atoms with E-state index in [1.807, 2.05) is 47.1 Å². The van der Waals surface area contributed by atoms with E-state index in [2.05, 4.69) is 17.0 Å². The van der Waals surface area contributed by atoms with Crippen LogP contribution in [0.2, 0.25) is 5.02 Å². The molecule has 5 nitrogen and oxygen atoms in total. The highest BCUT2D eigenvalue weighted by molar-refractivity contribution is 6.33. The minimum atomic E-state index is 0.0496. The normalized spacial score (nSPS) is 18.1. The molecule has 0 amide bonds. The molecule has 3 rings (SSSR count). The van der Waals surface area contributed by atoms with Gasteiger partial charge in [-0.25, -0.2) is 0 Å². The van der Waals surface area contributed by atoms with Crippen molar-refractivity contribution < 1.29 is 0 Å². The Kier molecular flexibility index (Phi) is 3.59. The fourth-order valence-corrected chi connectivity index (χ4v) is 3.01. The summed E-state index contributed by atoms with van der Waals surface area (Å²) in [4.78, 5) is 6.40. The molecule has 1 aromatic heterocycles. The van der Waals surface area contributed by atoms with Crippen molar-refractivity contribution in [1.29, 1.82) is 0 Å². The number of nitrogens with two attached hydrogens (primary N) is 1. The predicted octanol–water partition coefficient (Wildman–Crippen LogP) is 2.51. The first-order valence-corrected chi connectivity index (χ1v) is 7.35. The number of hydrogen-bond donors (Lipinski definition) is 1. The Morgan fingerprint density at radius 3 is 2.86 bits per heavy atom. The number of aromatic nitrogens is 2. The molecule has 2 N–H and O–H groups in total. The van der Waals surface area contributed by atoms with Crippen molar-refractivity contribution in [3.63, 3.8) is 0 Å². The molecular formula is C15H18ClN5. The Bertz CT molecular complexity index is 691. The molecule has 1 aromatic carbocycles. The van der Waals surface area contributed by atoms with Gasteiger partial charge in [-0.3, -0.25) is 9.67 Å². The molecule has 110 valence electrons. The molecular weight excluding hydrogens is 286 g/mol. The molecule has 1 aliphatic rings. The average molecular weight is 304 g/mol. The third kappa shape index (κ3) is 2.38. The van der Waals surface area contributed by atoms with Crippen LogP contribution in [0.4, 0.5) is 5.69 Å². The molecule has 21 heavy (non-hydrogen) atoms. The monoisotopic (exact) mass is 303 g/mol. The highest BCUT2D eigenvalue weighted by atomic mass is 35.5. The Hall–Kier alpha value is -2.01. The quantitative estimate of drug-likeness (QED) is 0.948. The lowest BCUT2D eigenvalue weighted by atomic mass is 10.1. The van der Waals surface area contributed by atoms with Gasteiger partial charge in [0.25, 0.3) is 0 Å². The minimum Gasteiger partial charge on any atom is -0.369 e. The first-order valence-electron chi connectivity index (χ1n) is 6.98. The van der Waals surface area contributed by atoms with E-state index >= 15 is 0 Å². The van der Waals surface area contributed by atoms with Crippen molar-refractivity contribution >= 4 is 23.2 Å². The fourth-order valence-electron chi connectivity index (χ4n) is 2.78. The van der Waals surface area contributed by atoms with Gasteiger partial charge < -0.3 is 10.6 Å². The fraction of sp³-hybridized carbons (Fsp3) is 0.333. The van der Waals surface area contributed by atoms with Crippen molar-refractivity contribution in [2.24, 2.45) is 17.8 Å². The van der Waals surface area contributed by atoms with Crippen LogP contribution in [0.1, 0.15) is 24.2 Å². The van der Waals surface area contributed by atoms with Crippen molar-refractivity contribution in [3.8, 4) is 0 Å². The van der Waals surface area contributed by atoms with Crippen LogP contribution in [0, 0.1) is 0 Å². The number of aliphatic imine (C=N–C) groups is 1. The zero-order valence-corrected chi connectivity index (χ0v) is 12.9. The number of rotatable bonds is 3. The number of aryl methyl sites for hydroxylation is 2. The minimum absolute atomic E-state index is 0.0496. The highest BCUT2D eigenvalue weighted by Crippen LogP contribution is 2.36. The van der Waals surface area contributed by atoms with E-state index < -0.39 is 0 Å². The van der Waals surface area contributed by atoms with Crippen LogP contribution in [-0.4, -0.2) is 22.3 Å². The lowest BCUT2D eigenvalue weighted by Crippen LogP contribution is -2.36. The van der Waals surface area contributed by atoms with E-state index in [0.29, 0.717) is 17.5 Å². The number of benzene rings is 1. The van der Waals surface area contributed by atoms with Crippen LogP contribution in [0.3, 0.4) is 0 Å². The summed E-state index contributed by atoms with van der Waals surface area (Å²) in [6.45, 7) is 2.72. The van der Waals surface area contributed by atoms with E-state index in [-0.39, 0.29) is 6.04 Å². The summed E-state index contributed by atoms with van der Waals surface area (Å²) < 4.78 is 1.84. The van der Waals surface area contributed by atoms with E-state index in [1.54, 1.807) is 0 Å². The zero-order chi connectivity index (χ0) is 15.0. The van der Waals surface area contributed by atoms with Crippen LogP contribution in [-0.2, 0) is 13.5 Å². The standard InChI is InChI=1S/C15H18ClN5/c1-3-12-10(9-20(2)19-12)14-8-18-15(17)21(14)13-7-5-4-6-11(13)16/h4-7,9,14H,3,8H2,1-2H3,(H2,17,18). The van der Waals surface area contributed by atoms with Gasteiger partial charge in [-0.1, -0.05) is 30.7 Å². The Morgan fingerprint density at radius 2 is 2.14 bits per heavy atom. The van der Waals surface area contributed by atoms with Gasteiger partial charge >= 0.3 is 0 Å². The second-order valence-corrected chi connectivity index (χ2v) is 5.50. The molecule has 0 aliphatic carbocycles. The molecule has 0 saturated carbocycles. The van der Waals surface area contributed by atoms with Gasteiger partial charge in [-0.05, 0) is 18.6 Å². The molecule has 0 radical (unpaired) electrons. The summed E-state index contributed by atoms with van der Waals surface area (Å²) in [5.41, 5.74) is 9.21. The third-order valence-corrected chi connectivity index (χ3v) is 4.05. The molecule has 1 aliphatic heterocycles. The maximum atomic E-state index is 6.33. The van der Waals surface area contributed by atoms with E-state index in [9.17, 15) is 0 Å². The lowest BCUT2D eigenvalue weighted by Gasteiger charge is -2.27. The summed E-state index contributed by atoms with van der Waals surface area (Å²) >= 11 is 6.33. The number of anilines is 1. The Morgan fingerprint density at radius 1 is 1.38 bits per heavy atom. The average Bonchev–Trinajstić information content (AvgIpc) is 3.02. The largest absolute Gasteiger partial charge is 0.369 e. The van der Waals surface area contributed by atoms with Crippen molar-refractivity contribution in [2.75, 3.05) is 11.4 Å². The van der Waals surface area contributed by atoms with Gasteiger partial charge in [-0.2, -0.15) is 5.10 Å². The molecule has 1 atom stereocenters. The molecule has 0 saturated heterocycles. The summed E-state index contributed by atoms with van der Waals surface area (Å²) in [7, 11) is 1.93. The van der Waals surface area contributed by atoms with Gasteiger partial charge in [0.15, 0.2) is 5.96 Å². The van der Waals surface area contributed by atoms with Crippen LogP contribution in [0.25, 0.3) is 0 Å². The van der Waals surface area contributed by atoms with Crippen molar-refractivity contribution in [3.05, 3.63) is 46.7 Å². The molecule has 2 aromatic rings. The van der Waals surface area contributed by atoms with Crippen LogP contribution in [0.15, 0.2) is 35.5 Å². The van der Waals surface area contributed by atoms with Crippen LogP contribution >= 0.6 is 11.6 Å². The summed E-state index contributed by atoms with van der Waals surface area (Å²) in [5, 5.41) is 5.19. The number of hydrogen-bond acceptors (Lipinski definition) is 4. The highest BCUT2D eigenvalue weighted by Gasteiger charge is 2.32. The van der Waals surface area contributed by atoms with Gasteiger partial charge in [-0.15, -0.1) is 0 Å². The van der Waals surface area contributed by atoms with Gasteiger partial charge in [0, 0.05) is 18.8 Å². The lowest BCUT2D eigenvalue weighted by molar-refractivity contribution is 0.746. The topological polar surface area (TPSA) is 59.4 Å². The van der Waals surface area contributed by atoms with E-state index in [4.69, 9.17) is 17.3 Å². The Balaban J connectivity index is 2.05. The van der Waals surface area contributed by atoms with Crippen LogP contribution in [0.5, 0.6) is 0 Å². The second-order valence-electron chi connectivity index (χ2n) is 5.09. The molecule has 0 spiro atoms. The van der Waals surface area contributed by atoms with Gasteiger partial charge in [0.2, 0.25) is 0 Å². The summed E-state index contributed by atoms with van der Waals surface area (Å²) in [5.74, 6) is 0.499. The first-order chi connectivity index (χ1) is 10.1. The smallest absolute Gasteiger partial charge is 0.196 e. The van der Waals surface area contributed by atoms with Gasteiger partial charge in [0.05, 0.1) is 29.0 Å². The Labute approximate surface area is 129 Å². The zero-order valence-electron chi connectivity index (χ0n) is 12.1. The molecule has 0 fully saturated rings. The van der Waals surface area contributed by atoms with Crippen molar-refractivity contribution in [2.45, 2.75) is 19.4 Å². The summed E-state index contributed by atoms with van der Waals surface area (Å²) in [6.07, 6.45) is 2.92. The second kappa shape index (κ2) is 5.41. The number of para-hydroxylation sites is 1. The summed E-state index contributed by atoms with van der Waals surface area (Å²) in [6, 6.07) is 7.74. The predicted molar refractivity (Wildman–Crippen MR) is 85.7 cm³/mol. The number of guanidine groups is 1. The molecule has 2 heterocycles. The van der Waals surface area contributed by atoms with Gasteiger partial charge in [0.1, 0.15) is 0 Å².